The summed E-state index contributed by atoms with van der Waals surface area (Å²) >= 11 is 0. The molecule has 1 aromatic carbocycles. The van der Waals surface area contributed by atoms with Gasteiger partial charge in [-0.2, -0.15) is 0 Å². The molecule has 3 N–H and O–H groups in total. The topological polar surface area (TPSA) is 58.4 Å². The summed E-state index contributed by atoms with van der Waals surface area (Å²) in [5.74, 6) is -0.0947. The minimum absolute atomic E-state index is 0.0947. The number of carbonyl (C=O) groups excluding carboxylic acids is 1. The third kappa shape index (κ3) is 4.55. The molecular formula is C17H27N3O. The van der Waals surface area contributed by atoms with Crippen molar-refractivity contribution >= 4 is 5.91 Å². The number of nitrogens with two attached hydrogens (primary N) is 1. The van der Waals surface area contributed by atoms with Crippen LogP contribution in [0, 0.1) is 6.92 Å². The van der Waals surface area contributed by atoms with Crippen LogP contribution in [-0.4, -0.2) is 36.5 Å². The van der Waals surface area contributed by atoms with Crippen LogP contribution >= 0.6 is 0 Å². The quantitative estimate of drug-likeness (QED) is 0.871. The fraction of sp³-hybridized carbons (Fsp3) is 0.588. The van der Waals surface area contributed by atoms with Gasteiger partial charge >= 0.3 is 0 Å². The molecule has 1 heterocycles. The van der Waals surface area contributed by atoms with Crippen LogP contribution < -0.4 is 11.1 Å². The molecule has 1 amide bonds. The standard InChI is InChI=1S/C17H27N3O/c1-13-6-8-15(9-7-13)16(18)17(21)19-12-14(2)20-10-4-3-5-11-20/h6-9,14,16H,3-5,10-12,18H2,1-2H3,(H,19,21). The van der Waals surface area contributed by atoms with E-state index in [0.29, 0.717) is 12.6 Å². The van der Waals surface area contributed by atoms with Gasteiger partial charge in [0.05, 0.1) is 0 Å². The van der Waals surface area contributed by atoms with E-state index in [1.807, 2.05) is 31.2 Å². The number of aryl methyl sites for hydroxylation is 1. The maximum Gasteiger partial charge on any atom is 0.241 e. The summed E-state index contributed by atoms with van der Waals surface area (Å²) in [5, 5.41) is 2.99. The lowest BCUT2D eigenvalue weighted by atomic mass is 10.1. The SMILES string of the molecule is Cc1ccc(C(N)C(=O)NCC(C)N2CCCCC2)cc1. The average molecular weight is 289 g/mol. The lowest BCUT2D eigenvalue weighted by Gasteiger charge is -2.32. The summed E-state index contributed by atoms with van der Waals surface area (Å²) < 4.78 is 0. The van der Waals surface area contributed by atoms with Gasteiger partial charge < -0.3 is 11.1 Å². The van der Waals surface area contributed by atoms with Gasteiger partial charge in [-0.3, -0.25) is 9.69 Å². The first-order valence-electron chi connectivity index (χ1n) is 7.92. The van der Waals surface area contributed by atoms with Crippen LogP contribution in [-0.2, 0) is 4.79 Å². The van der Waals surface area contributed by atoms with Gasteiger partial charge in [-0.05, 0) is 45.3 Å². The summed E-state index contributed by atoms with van der Waals surface area (Å²) in [6, 6.07) is 7.61. The Morgan fingerprint density at radius 2 is 1.86 bits per heavy atom. The van der Waals surface area contributed by atoms with E-state index in [0.717, 1.165) is 18.7 Å². The summed E-state index contributed by atoms with van der Waals surface area (Å²) in [5.41, 5.74) is 8.06. The van der Waals surface area contributed by atoms with Crippen molar-refractivity contribution in [1.29, 1.82) is 0 Å². The summed E-state index contributed by atoms with van der Waals surface area (Å²) in [7, 11) is 0. The first-order chi connectivity index (χ1) is 10.1. The Kier molecular flexibility index (Phi) is 5.76. The molecule has 1 fully saturated rings. The van der Waals surface area contributed by atoms with E-state index >= 15 is 0 Å². The second-order valence-corrected chi connectivity index (χ2v) is 6.08. The Hall–Kier alpha value is -1.39. The minimum atomic E-state index is -0.584. The molecule has 1 aromatic rings. The van der Waals surface area contributed by atoms with Crippen molar-refractivity contribution < 1.29 is 4.79 Å². The van der Waals surface area contributed by atoms with Gasteiger partial charge in [0.25, 0.3) is 0 Å². The van der Waals surface area contributed by atoms with E-state index in [4.69, 9.17) is 5.73 Å². The molecule has 0 spiro atoms. The number of rotatable bonds is 5. The molecule has 2 unspecified atom stereocenters. The number of benzene rings is 1. The molecule has 0 bridgehead atoms. The van der Waals surface area contributed by atoms with Gasteiger partial charge in [-0.15, -0.1) is 0 Å². The van der Waals surface area contributed by atoms with Crippen LogP contribution in [0.5, 0.6) is 0 Å². The summed E-state index contributed by atoms with van der Waals surface area (Å²) in [6.45, 7) is 7.14. The van der Waals surface area contributed by atoms with Gasteiger partial charge in [-0.1, -0.05) is 36.2 Å². The third-order valence-electron chi connectivity index (χ3n) is 4.30. The molecule has 0 saturated carbocycles. The van der Waals surface area contributed by atoms with Crippen molar-refractivity contribution in [2.75, 3.05) is 19.6 Å². The van der Waals surface area contributed by atoms with E-state index in [-0.39, 0.29) is 5.91 Å². The van der Waals surface area contributed by atoms with Crippen molar-refractivity contribution in [3.8, 4) is 0 Å². The van der Waals surface area contributed by atoms with E-state index in [9.17, 15) is 4.79 Å². The number of carbonyl (C=O) groups is 1. The smallest absolute Gasteiger partial charge is 0.241 e. The highest BCUT2D eigenvalue weighted by Gasteiger charge is 2.19. The molecule has 1 saturated heterocycles. The number of nitrogens with zero attached hydrogens (tertiary/aromatic N) is 1. The molecular weight excluding hydrogens is 262 g/mol. The van der Waals surface area contributed by atoms with Crippen molar-refractivity contribution in [3.05, 3.63) is 35.4 Å². The molecule has 21 heavy (non-hydrogen) atoms. The predicted molar refractivity (Wildman–Crippen MR) is 86.0 cm³/mol. The van der Waals surface area contributed by atoms with E-state index in [1.165, 1.54) is 24.8 Å². The molecule has 0 radical (unpaired) electrons. The minimum Gasteiger partial charge on any atom is -0.353 e. The lowest BCUT2D eigenvalue weighted by molar-refractivity contribution is -0.122. The van der Waals surface area contributed by atoms with E-state index < -0.39 is 6.04 Å². The van der Waals surface area contributed by atoms with Crippen LogP contribution in [0.3, 0.4) is 0 Å². The summed E-state index contributed by atoms with van der Waals surface area (Å²) in [4.78, 5) is 14.6. The Morgan fingerprint density at radius 3 is 2.48 bits per heavy atom. The fourth-order valence-corrected chi connectivity index (χ4v) is 2.77. The molecule has 2 atom stereocenters. The van der Waals surface area contributed by atoms with Crippen molar-refractivity contribution in [1.82, 2.24) is 10.2 Å². The highest BCUT2D eigenvalue weighted by molar-refractivity contribution is 5.82. The van der Waals surface area contributed by atoms with Crippen molar-refractivity contribution in [2.24, 2.45) is 5.73 Å². The molecule has 0 aliphatic carbocycles. The number of amides is 1. The van der Waals surface area contributed by atoms with E-state index in [2.05, 4.69) is 17.1 Å². The molecule has 1 aliphatic rings. The molecule has 1 aliphatic heterocycles. The van der Waals surface area contributed by atoms with Gasteiger partial charge in [0, 0.05) is 12.6 Å². The molecule has 2 rings (SSSR count). The number of hydrogen-bond donors (Lipinski definition) is 2. The highest BCUT2D eigenvalue weighted by atomic mass is 16.2. The highest BCUT2D eigenvalue weighted by Crippen LogP contribution is 2.13. The van der Waals surface area contributed by atoms with Crippen LogP contribution in [0.2, 0.25) is 0 Å². The maximum absolute atomic E-state index is 12.2. The van der Waals surface area contributed by atoms with Gasteiger partial charge in [0.2, 0.25) is 5.91 Å². The van der Waals surface area contributed by atoms with Gasteiger partial charge in [0.1, 0.15) is 6.04 Å². The number of hydrogen-bond acceptors (Lipinski definition) is 3. The average Bonchev–Trinajstić information content (AvgIpc) is 2.53. The van der Waals surface area contributed by atoms with Crippen LogP contribution in [0.25, 0.3) is 0 Å². The van der Waals surface area contributed by atoms with Gasteiger partial charge in [0.15, 0.2) is 0 Å². The van der Waals surface area contributed by atoms with Crippen LogP contribution in [0.4, 0.5) is 0 Å². The van der Waals surface area contributed by atoms with Crippen LogP contribution in [0.1, 0.15) is 43.4 Å². The molecule has 4 heteroatoms. The molecule has 116 valence electrons. The normalized spacial score (nSPS) is 19.0. The largest absolute Gasteiger partial charge is 0.353 e. The van der Waals surface area contributed by atoms with Crippen LogP contribution in [0.15, 0.2) is 24.3 Å². The monoisotopic (exact) mass is 289 g/mol. The fourth-order valence-electron chi connectivity index (χ4n) is 2.77. The first kappa shape index (κ1) is 16.0. The Bertz CT molecular complexity index is 452. The summed E-state index contributed by atoms with van der Waals surface area (Å²) in [6.07, 6.45) is 3.86. The number of likely N-dealkylation sites (tertiary alicyclic amines) is 1. The van der Waals surface area contributed by atoms with Crippen molar-refractivity contribution in [3.63, 3.8) is 0 Å². The number of piperidine rings is 1. The van der Waals surface area contributed by atoms with Crippen molar-refractivity contribution in [2.45, 2.75) is 45.2 Å². The maximum atomic E-state index is 12.2. The second-order valence-electron chi connectivity index (χ2n) is 6.08. The Labute approximate surface area is 127 Å². The Morgan fingerprint density at radius 1 is 1.24 bits per heavy atom. The predicted octanol–water partition coefficient (Wildman–Crippen LogP) is 1.99. The molecule has 0 aromatic heterocycles. The Balaban J connectivity index is 1.81. The lowest BCUT2D eigenvalue weighted by Crippen LogP contribution is -2.46. The first-order valence-corrected chi connectivity index (χ1v) is 7.92. The third-order valence-corrected chi connectivity index (χ3v) is 4.30. The molecule has 4 nitrogen and oxygen atoms in total. The van der Waals surface area contributed by atoms with Gasteiger partial charge in [-0.25, -0.2) is 0 Å². The zero-order chi connectivity index (χ0) is 15.2. The second kappa shape index (κ2) is 7.57. The number of nitrogens with one attached hydrogen (secondary N) is 1. The zero-order valence-electron chi connectivity index (χ0n) is 13.1. The van der Waals surface area contributed by atoms with E-state index in [1.54, 1.807) is 0 Å². The zero-order valence-corrected chi connectivity index (χ0v) is 13.1.